The Labute approximate surface area is 143 Å². The molecule has 0 atom stereocenters. The normalized spacial score (nSPS) is 14.0. The number of allylic oxidation sites excluding steroid dienone is 5. The van der Waals surface area contributed by atoms with Crippen LogP contribution in [0.2, 0.25) is 0 Å². The van der Waals surface area contributed by atoms with E-state index in [4.69, 9.17) is 0 Å². The van der Waals surface area contributed by atoms with Crippen molar-refractivity contribution in [3.05, 3.63) is 71.1 Å². The molecule has 0 aromatic heterocycles. The van der Waals surface area contributed by atoms with E-state index in [1.54, 1.807) is 6.08 Å². The SMILES string of the molecule is C=C/C=C(\C=C/C)c1c(=C/C)/c(=C\C)c(B(O)O)c2ccccc12. The van der Waals surface area contributed by atoms with Crippen LogP contribution in [0.25, 0.3) is 28.5 Å². The highest BCUT2D eigenvalue weighted by molar-refractivity contribution is 6.62. The highest BCUT2D eigenvalue weighted by Crippen LogP contribution is 2.22. The Kier molecular flexibility index (Phi) is 5.96. The smallest absolute Gasteiger partial charge is 0.423 e. The van der Waals surface area contributed by atoms with Crippen LogP contribution in [0.4, 0.5) is 0 Å². The monoisotopic (exact) mass is 318 g/mol. The Balaban J connectivity index is 3.21. The van der Waals surface area contributed by atoms with Crippen molar-refractivity contribution in [3.63, 3.8) is 0 Å². The van der Waals surface area contributed by atoms with E-state index in [0.29, 0.717) is 5.46 Å². The summed E-state index contributed by atoms with van der Waals surface area (Å²) in [4.78, 5) is 0. The molecule has 0 aliphatic heterocycles. The standard InChI is InChI=1S/C21H23BO2/c1-5-11-15(12-6-2)20-16(7-3)17(8-4)21(22(23)24)19-14-10-9-13-18(19)20/h5-14,23-24H,1H2,2-4H3/b12-6-,15-11+,16-7+,17-8+. The largest absolute Gasteiger partial charge is 0.489 e. The van der Waals surface area contributed by atoms with Gasteiger partial charge < -0.3 is 10.0 Å². The average Bonchev–Trinajstić information content (AvgIpc) is 2.59. The summed E-state index contributed by atoms with van der Waals surface area (Å²) in [6.07, 6.45) is 11.7. The second-order valence-electron chi connectivity index (χ2n) is 5.47. The van der Waals surface area contributed by atoms with Crippen LogP contribution < -0.4 is 15.9 Å². The van der Waals surface area contributed by atoms with Crippen molar-refractivity contribution in [2.75, 3.05) is 0 Å². The maximum Gasteiger partial charge on any atom is 0.489 e. The van der Waals surface area contributed by atoms with Crippen molar-refractivity contribution in [2.24, 2.45) is 0 Å². The van der Waals surface area contributed by atoms with Crippen molar-refractivity contribution in [2.45, 2.75) is 20.8 Å². The van der Waals surface area contributed by atoms with Gasteiger partial charge in [0.1, 0.15) is 0 Å². The first-order chi connectivity index (χ1) is 11.6. The average molecular weight is 318 g/mol. The lowest BCUT2D eigenvalue weighted by Crippen LogP contribution is -2.50. The van der Waals surface area contributed by atoms with Gasteiger partial charge in [-0.2, -0.15) is 0 Å². The summed E-state index contributed by atoms with van der Waals surface area (Å²) < 4.78 is 0. The van der Waals surface area contributed by atoms with Gasteiger partial charge in [-0.3, -0.25) is 0 Å². The predicted molar refractivity (Wildman–Crippen MR) is 106 cm³/mol. The summed E-state index contributed by atoms with van der Waals surface area (Å²) in [6.45, 7) is 9.69. The molecule has 0 saturated carbocycles. The van der Waals surface area contributed by atoms with E-state index >= 15 is 0 Å². The topological polar surface area (TPSA) is 40.5 Å². The van der Waals surface area contributed by atoms with E-state index in [9.17, 15) is 10.0 Å². The fraction of sp³-hybridized carbons (Fsp3) is 0.143. The van der Waals surface area contributed by atoms with Crippen LogP contribution in [0.15, 0.2) is 55.1 Å². The molecule has 0 spiro atoms. The molecule has 0 amide bonds. The molecule has 0 fully saturated rings. The van der Waals surface area contributed by atoms with Gasteiger partial charge in [0.2, 0.25) is 0 Å². The Morgan fingerprint density at radius 1 is 1.00 bits per heavy atom. The van der Waals surface area contributed by atoms with Crippen molar-refractivity contribution in [1.29, 1.82) is 0 Å². The molecule has 2 rings (SSSR count). The highest BCUT2D eigenvalue weighted by Gasteiger charge is 2.20. The zero-order valence-electron chi connectivity index (χ0n) is 14.5. The molecule has 24 heavy (non-hydrogen) atoms. The molecule has 122 valence electrons. The number of benzene rings is 2. The first-order valence-corrected chi connectivity index (χ1v) is 8.09. The maximum absolute atomic E-state index is 9.97. The van der Waals surface area contributed by atoms with E-state index in [0.717, 1.165) is 32.3 Å². The zero-order chi connectivity index (χ0) is 17.7. The summed E-state index contributed by atoms with van der Waals surface area (Å²) in [7, 11) is -1.53. The number of fused-ring (bicyclic) bond motifs is 1. The molecular weight excluding hydrogens is 295 g/mol. The van der Waals surface area contributed by atoms with Gasteiger partial charge in [0.05, 0.1) is 0 Å². The van der Waals surface area contributed by atoms with Crippen molar-refractivity contribution in [3.8, 4) is 0 Å². The van der Waals surface area contributed by atoms with E-state index in [1.165, 1.54) is 0 Å². The van der Waals surface area contributed by atoms with E-state index in [2.05, 4.69) is 6.58 Å². The molecule has 0 aliphatic carbocycles. The molecular formula is C21H23BO2. The lowest BCUT2D eigenvalue weighted by Gasteiger charge is -2.15. The summed E-state index contributed by atoms with van der Waals surface area (Å²) >= 11 is 0. The van der Waals surface area contributed by atoms with E-state index in [1.807, 2.05) is 75.4 Å². The lowest BCUT2D eigenvalue weighted by molar-refractivity contribution is 0.426. The molecule has 0 radical (unpaired) electrons. The van der Waals surface area contributed by atoms with Crippen LogP contribution in [-0.2, 0) is 0 Å². The zero-order valence-corrected chi connectivity index (χ0v) is 14.5. The minimum absolute atomic E-state index is 0.545. The summed E-state index contributed by atoms with van der Waals surface area (Å²) in [5, 5.41) is 23.6. The third-order valence-electron chi connectivity index (χ3n) is 4.10. The fourth-order valence-corrected chi connectivity index (χ4v) is 3.23. The molecule has 2 N–H and O–H groups in total. The van der Waals surface area contributed by atoms with Crippen molar-refractivity contribution in [1.82, 2.24) is 0 Å². The molecule has 0 saturated heterocycles. The van der Waals surface area contributed by atoms with Crippen LogP contribution in [0.3, 0.4) is 0 Å². The number of hydrogen-bond donors (Lipinski definition) is 2. The second kappa shape index (κ2) is 7.96. The minimum atomic E-state index is -1.53. The fourth-order valence-electron chi connectivity index (χ4n) is 3.23. The van der Waals surface area contributed by atoms with Crippen LogP contribution >= 0.6 is 0 Å². The van der Waals surface area contributed by atoms with Crippen LogP contribution in [0, 0.1) is 0 Å². The second-order valence-corrected chi connectivity index (χ2v) is 5.47. The maximum atomic E-state index is 9.97. The minimum Gasteiger partial charge on any atom is -0.423 e. The lowest BCUT2D eigenvalue weighted by atomic mass is 9.73. The third kappa shape index (κ3) is 3.14. The first-order valence-electron chi connectivity index (χ1n) is 8.09. The Morgan fingerprint density at radius 2 is 1.62 bits per heavy atom. The van der Waals surface area contributed by atoms with Gasteiger partial charge in [-0.1, -0.05) is 67.3 Å². The molecule has 0 bridgehead atoms. The summed E-state index contributed by atoms with van der Waals surface area (Å²) in [5.41, 5.74) is 2.66. The van der Waals surface area contributed by atoms with Gasteiger partial charge >= 0.3 is 7.12 Å². The van der Waals surface area contributed by atoms with Crippen molar-refractivity contribution < 1.29 is 10.0 Å². The third-order valence-corrected chi connectivity index (χ3v) is 4.10. The van der Waals surface area contributed by atoms with Crippen LogP contribution in [0.5, 0.6) is 0 Å². The van der Waals surface area contributed by atoms with Crippen LogP contribution in [0.1, 0.15) is 26.3 Å². The molecule has 0 aliphatic rings. The van der Waals surface area contributed by atoms with Gasteiger partial charge in [-0.05, 0) is 58.6 Å². The van der Waals surface area contributed by atoms with Gasteiger partial charge in [0.25, 0.3) is 0 Å². The molecule has 2 aromatic rings. The Bertz CT molecular complexity index is 934. The van der Waals surface area contributed by atoms with Crippen LogP contribution in [-0.4, -0.2) is 17.2 Å². The molecule has 3 heteroatoms. The predicted octanol–water partition coefficient (Wildman–Crippen LogP) is 2.27. The Morgan fingerprint density at radius 3 is 2.12 bits per heavy atom. The molecule has 2 nitrogen and oxygen atoms in total. The van der Waals surface area contributed by atoms with Gasteiger partial charge in [-0.15, -0.1) is 0 Å². The summed E-state index contributed by atoms with van der Waals surface area (Å²) in [5.74, 6) is 0. The summed E-state index contributed by atoms with van der Waals surface area (Å²) in [6, 6.07) is 7.83. The first kappa shape index (κ1) is 18.0. The van der Waals surface area contributed by atoms with Crippen molar-refractivity contribution >= 4 is 41.1 Å². The molecule has 0 unspecified atom stereocenters. The van der Waals surface area contributed by atoms with E-state index in [-0.39, 0.29) is 0 Å². The Hall–Kier alpha value is -2.36. The van der Waals surface area contributed by atoms with Gasteiger partial charge in [-0.25, -0.2) is 0 Å². The van der Waals surface area contributed by atoms with Gasteiger partial charge in [0.15, 0.2) is 0 Å². The quantitative estimate of drug-likeness (QED) is 0.671. The molecule has 0 heterocycles. The number of rotatable bonds is 4. The molecule has 2 aromatic carbocycles. The van der Waals surface area contributed by atoms with E-state index < -0.39 is 7.12 Å². The van der Waals surface area contributed by atoms with Gasteiger partial charge in [0, 0.05) is 0 Å². The number of hydrogen-bond acceptors (Lipinski definition) is 2. The highest BCUT2D eigenvalue weighted by atomic mass is 16.4.